The number of halogens is 1. The molecule has 4 rings (SSSR count). The van der Waals surface area contributed by atoms with E-state index in [0.29, 0.717) is 0 Å². The molecule has 0 aliphatic heterocycles. The second-order valence-corrected chi connectivity index (χ2v) is 14.2. The van der Waals surface area contributed by atoms with Crippen LogP contribution in [0.3, 0.4) is 0 Å². The molecule has 0 atom stereocenters. The Labute approximate surface area is 168 Å². The van der Waals surface area contributed by atoms with Gasteiger partial charge in [-0.05, 0) is 0 Å². The van der Waals surface area contributed by atoms with Gasteiger partial charge in [-0.25, -0.2) is 0 Å². The van der Waals surface area contributed by atoms with Crippen molar-refractivity contribution in [2.24, 2.45) is 0 Å². The maximum atomic E-state index is 2.31. The van der Waals surface area contributed by atoms with Gasteiger partial charge in [0.15, 0.2) is 0 Å². The van der Waals surface area contributed by atoms with E-state index in [4.69, 9.17) is 0 Å². The summed E-state index contributed by atoms with van der Waals surface area (Å²) in [5, 5.41) is 0. The van der Waals surface area contributed by atoms with Crippen molar-refractivity contribution in [3.63, 3.8) is 0 Å². The molecule has 130 valence electrons. The Balaban J connectivity index is 0.00000196. The van der Waals surface area contributed by atoms with Gasteiger partial charge < -0.3 is 0 Å². The fourth-order valence-corrected chi connectivity index (χ4v) is 13.8. The monoisotopic (exact) mass is 464 g/mol. The summed E-state index contributed by atoms with van der Waals surface area (Å²) >= 11 is -2.99. The average molecular weight is 465 g/mol. The molecule has 0 aromatic heterocycles. The summed E-state index contributed by atoms with van der Waals surface area (Å²) in [6, 6.07) is 44.3. The van der Waals surface area contributed by atoms with Crippen LogP contribution in [0.2, 0.25) is 0 Å². The molecule has 0 saturated heterocycles. The third kappa shape index (κ3) is 3.30. The molecular formula is C24H22AsBr. The number of rotatable bonds is 4. The zero-order chi connectivity index (χ0) is 17.0. The van der Waals surface area contributed by atoms with Crippen LogP contribution >= 0.6 is 17.0 Å². The van der Waals surface area contributed by atoms with E-state index < -0.39 is 13.6 Å². The van der Waals surface area contributed by atoms with E-state index in [1.165, 1.54) is 17.4 Å². The van der Waals surface area contributed by atoms with Crippen molar-refractivity contribution in [2.45, 2.75) is 0 Å². The summed E-state index contributed by atoms with van der Waals surface area (Å²) in [4.78, 5) is 0. The molecule has 0 N–H and O–H groups in total. The van der Waals surface area contributed by atoms with Gasteiger partial charge in [0, 0.05) is 0 Å². The number of hydrogen-bond acceptors (Lipinski definition) is 0. The van der Waals surface area contributed by atoms with E-state index in [-0.39, 0.29) is 17.0 Å². The van der Waals surface area contributed by atoms with Gasteiger partial charge in [0.1, 0.15) is 0 Å². The fourth-order valence-electron chi connectivity index (χ4n) is 3.75. The van der Waals surface area contributed by atoms with Crippen LogP contribution in [0.15, 0.2) is 121 Å². The van der Waals surface area contributed by atoms with Crippen LogP contribution < -0.4 is 17.4 Å². The van der Waals surface area contributed by atoms with Crippen molar-refractivity contribution < 1.29 is 0 Å². The van der Waals surface area contributed by atoms with Gasteiger partial charge in [-0.3, -0.25) is 0 Å². The Morgan fingerprint density at radius 1 is 0.308 bits per heavy atom. The van der Waals surface area contributed by atoms with Crippen molar-refractivity contribution in [1.29, 1.82) is 0 Å². The van der Waals surface area contributed by atoms with Gasteiger partial charge in [0.2, 0.25) is 0 Å². The first kappa shape index (κ1) is 18.7. The van der Waals surface area contributed by atoms with Gasteiger partial charge >= 0.3 is 152 Å². The first-order valence-corrected chi connectivity index (χ1v) is 12.8. The predicted molar refractivity (Wildman–Crippen MR) is 122 cm³/mol. The third-order valence-electron chi connectivity index (χ3n) is 4.83. The second-order valence-electron chi connectivity index (χ2n) is 6.21. The molecule has 0 unspecified atom stereocenters. The molecule has 0 fully saturated rings. The molecule has 26 heavy (non-hydrogen) atoms. The van der Waals surface area contributed by atoms with Gasteiger partial charge in [0.05, 0.1) is 0 Å². The first-order chi connectivity index (χ1) is 12.4. The van der Waals surface area contributed by atoms with E-state index in [0.717, 1.165) is 0 Å². The molecule has 0 bridgehead atoms. The molecule has 0 aliphatic carbocycles. The zero-order valence-electron chi connectivity index (χ0n) is 14.5. The normalized spacial score (nSPS) is 11.4. The minimum atomic E-state index is -2.99. The molecular weight excluding hydrogens is 443 g/mol. The first-order valence-electron chi connectivity index (χ1n) is 8.64. The molecule has 0 amide bonds. The molecule has 0 nitrogen and oxygen atoms in total. The van der Waals surface area contributed by atoms with Crippen LogP contribution in [-0.4, -0.2) is 13.6 Å². The van der Waals surface area contributed by atoms with E-state index in [2.05, 4.69) is 121 Å². The standard InChI is InChI=1S/C24H21As.BrH/c1-5-13-21(14-6-1)25(22-15-7-2-8-16-22,23-17-9-3-10-18-23)24-19-11-4-12-20-24;/h1-20,25H;1H. The van der Waals surface area contributed by atoms with Crippen molar-refractivity contribution in [3.05, 3.63) is 121 Å². The van der Waals surface area contributed by atoms with E-state index in [1.54, 1.807) is 0 Å². The number of hydrogen-bond donors (Lipinski definition) is 0. The fraction of sp³-hybridized carbons (Fsp3) is 0. The van der Waals surface area contributed by atoms with Gasteiger partial charge in [0.25, 0.3) is 0 Å². The quantitative estimate of drug-likeness (QED) is 0.406. The maximum absolute atomic E-state index is 2.99. The summed E-state index contributed by atoms with van der Waals surface area (Å²) in [6.45, 7) is 0. The Kier molecular flexibility index (Phi) is 6.14. The van der Waals surface area contributed by atoms with Gasteiger partial charge in [-0.2, -0.15) is 0 Å². The average Bonchev–Trinajstić information content (AvgIpc) is 2.72. The Morgan fingerprint density at radius 3 is 0.692 bits per heavy atom. The van der Waals surface area contributed by atoms with Crippen LogP contribution in [0.5, 0.6) is 0 Å². The van der Waals surface area contributed by atoms with Crippen molar-refractivity contribution in [2.75, 3.05) is 0 Å². The van der Waals surface area contributed by atoms with Gasteiger partial charge in [-0.1, -0.05) is 0 Å². The minimum absolute atomic E-state index is 0. The van der Waals surface area contributed by atoms with Crippen LogP contribution in [-0.2, 0) is 0 Å². The van der Waals surface area contributed by atoms with Crippen molar-refractivity contribution >= 4 is 47.9 Å². The predicted octanol–water partition coefficient (Wildman–Crippen LogP) is 3.37. The van der Waals surface area contributed by atoms with Gasteiger partial charge in [-0.15, -0.1) is 17.0 Å². The second kappa shape index (κ2) is 8.53. The summed E-state index contributed by atoms with van der Waals surface area (Å²) < 4.78 is 5.86. The molecule has 4 aromatic rings. The van der Waals surface area contributed by atoms with E-state index in [9.17, 15) is 0 Å². The van der Waals surface area contributed by atoms with E-state index in [1.807, 2.05) is 0 Å². The Bertz CT molecular complexity index is 759. The molecule has 4 aromatic carbocycles. The molecule has 0 radical (unpaired) electrons. The Morgan fingerprint density at radius 2 is 0.500 bits per heavy atom. The van der Waals surface area contributed by atoms with Crippen molar-refractivity contribution in [1.82, 2.24) is 0 Å². The SMILES string of the molecule is Br.c1ccc([AsH](c2ccccc2)(c2ccccc2)c2ccccc2)cc1. The molecule has 0 saturated carbocycles. The van der Waals surface area contributed by atoms with Crippen LogP contribution in [0, 0.1) is 0 Å². The van der Waals surface area contributed by atoms with Crippen molar-refractivity contribution in [3.8, 4) is 0 Å². The van der Waals surface area contributed by atoms with Crippen LogP contribution in [0.4, 0.5) is 0 Å². The summed E-state index contributed by atoms with van der Waals surface area (Å²) in [6.07, 6.45) is 0. The van der Waals surface area contributed by atoms with Crippen LogP contribution in [0.25, 0.3) is 0 Å². The topological polar surface area (TPSA) is 0 Å². The van der Waals surface area contributed by atoms with E-state index >= 15 is 0 Å². The Hall–Kier alpha value is -2.08. The summed E-state index contributed by atoms with van der Waals surface area (Å²) in [7, 11) is 0. The van der Waals surface area contributed by atoms with Crippen LogP contribution in [0.1, 0.15) is 0 Å². The summed E-state index contributed by atoms with van der Waals surface area (Å²) in [5.74, 6) is 0. The molecule has 0 heterocycles. The zero-order valence-corrected chi connectivity index (χ0v) is 18.3. The number of benzene rings is 4. The molecule has 2 heteroatoms. The third-order valence-corrected chi connectivity index (χ3v) is 14.9. The molecule has 0 spiro atoms. The molecule has 0 aliphatic rings. The summed E-state index contributed by atoms with van der Waals surface area (Å²) in [5.41, 5.74) is 0.